The van der Waals surface area contributed by atoms with Gasteiger partial charge in [0.05, 0.1) is 19.1 Å². The van der Waals surface area contributed by atoms with Crippen LogP contribution in [0.1, 0.15) is 105 Å². The lowest BCUT2D eigenvalue weighted by molar-refractivity contribution is -0.153. The molecule has 0 spiro atoms. The van der Waals surface area contributed by atoms with Gasteiger partial charge >= 0.3 is 11.9 Å². The molecule has 0 aliphatic carbocycles. The molecule has 4 heteroatoms. The number of unbranched alkanes of at least 4 members (excludes halogenated alkanes) is 7. The van der Waals surface area contributed by atoms with Gasteiger partial charge in [0.25, 0.3) is 0 Å². The third kappa shape index (κ3) is 17.0. The molecule has 168 valence electrons. The van der Waals surface area contributed by atoms with Gasteiger partial charge in [-0.05, 0) is 65.7 Å². The molecule has 0 atom stereocenters. The van der Waals surface area contributed by atoms with E-state index in [1.54, 1.807) is 0 Å². The summed E-state index contributed by atoms with van der Waals surface area (Å²) in [5, 5.41) is 0. The summed E-state index contributed by atoms with van der Waals surface area (Å²) < 4.78 is 10.0. The van der Waals surface area contributed by atoms with Gasteiger partial charge in [-0.2, -0.15) is 0 Å². The SMILES string of the molecule is CCCCCCC/C=C(/C=C/CCCC(=O)OC)CCCCOC(=O)C(C)(C)C. The zero-order chi connectivity index (χ0) is 22.0. The molecular weight excluding hydrogens is 364 g/mol. The molecule has 0 bridgehead atoms. The minimum absolute atomic E-state index is 0.133. The Balaban J connectivity index is 4.32. The highest BCUT2D eigenvalue weighted by Crippen LogP contribution is 2.17. The summed E-state index contributed by atoms with van der Waals surface area (Å²) >= 11 is 0. The number of rotatable bonds is 16. The van der Waals surface area contributed by atoms with E-state index in [4.69, 9.17) is 4.74 Å². The van der Waals surface area contributed by atoms with Crippen LogP contribution >= 0.6 is 0 Å². The number of methoxy groups -OCH3 is 1. The van der Waals surface area contributed by atoms with Gasteiger partial charge in [0, 0.05) is 6.42 Å². The standard InChI is InChI=1S/C25H44O4/c1-6-7-8-9-10-12-17-22(18-13-11-14-20-23(26)28-5)19-15-16-21-29-24(27)25(2,3)4/h13,17-18H,6-12,14-16,19-21H2,1-5H3/b18-13+,22-17-. The van der Waals surface area contributed by atoms with Gasteiger partial charge in [0.2, 0.25) is 0 Å². The number of hydrogen-bond donors (Lipinski definition) is 0. The zero-order valence-corrected chi connectivity index (χ0v) is 19.6. The molecule has 0 aliphatic rings. The van der Waals surface area contributed by atoms with Crippen molar-refractivity contribution in [2.45, 2.75) is 105 Å². The summed E-state index contributed by atoms with van der Waals surface area (Å²) in [7, 11) is 1.43. The average molecular weight is 409 g/mol. The fourth-order valence-electron chi connectivity index (χ4n) is 2.80. The van der Waals surface area contributed by atoms with Gasteiger partial charge in [0.15, 0.2) is 0 Å². The number of allylic oxidation sites excluding steroid dienone is 4. The second-order valence-corrected chi connectivity index (χ2v) is 8.70. The van der Waals surface area contributed by atoms with E-state index >= 15 is 0 Å². The smallest absolute Gasteiger partial charge is 0.311 e. The molecule has 0 aromatic carbocycles. The molecule has 0 fully saturated rings. The third-order valence-corrected chi connectivity index (χ3v) is 4.73. The molecule has 0 rings (SSSR count). The summed E-state index contributed by atoms with van der Waals surface area (Å²) in [6.07, 6.45) is 19.3. The Labute approximate surface area is 179 Å². The lowest BCUT2D eigenvalue weighted by Gasteiger charge is -2.16. The Kier molecular flexibility index (Phi) is 16.4. The summed E-state index contributed by atoms with van der Waals surface area (Å²) in [6.45, 7) is 8.36. The lowest BCUT2D eigenvalue weighted by atomic mass is 9.97. The maximum atomic E-state index is 11.8. The highest BCUT2D eigenvalue weighted by atomic mass is 16.5. The number of hydrogen-bond acceptors (Lipinski definition) is 4. The molecule has 0 aromatic rings. The summed E-state index contributed by atoms with van der Waals surface area (Å²) in [5.41, 5.74) is 0.913. The van der Waals surface area contributed by atoms with Crippen molar-refractivity contribution in [2.75, 3.05) is 13.7 Å². The molecule has 0 heterocycles. The zero-order valence-electron chi connectivity index (χ0n) is 19.6. The second-order valence-electron chi connectivity index (χ2n) is 8.70. The van der Waals surface area contributed by atoms with Gasteiger partial charge < -0.3 is 9.47 Å². The Morgan fingerprint density at radius 3 is 2.24 bits per heavy atom. The predicted molar refractivity (Wildman–Crippen MR) is 121 cm³/mol. The van der Waals surface area contributed by atoms with E-state index < -0.39 is 5.41 Å². The molecule has 0 aliphatic heterocycles. The molecule has 0 aromatic heterocycles. The number of ether oxygens (including phenoxy) is 2. The van der Waals surface area contributed by atoms with Crippen molar-refractivity contribution in [1.82, 2.24) is 0 Å². The first-order chi connectivity index (χ1) is 13.8. The molecule has 0 saturated carbocycles. The van der Waals surface area contributed by atoms with Crippen molar-refractivity contribution in [1.29, 1.82) is 0 Å². The van der Waals surface area contributed by atoms with Crippen molar-refractivity contribution >= 4 is 11.9 Å². The highest BCUT2D eigenvalue weighted by Gasteiger charge is 2.22. The molecule has 0 amide bonds. The van der Waals surface area contributed by atoms with Gasteiger partial charge in [-0.15, -0.1) is 0 Å². The Hall–Kier alpha value is -1.58. The van der Waals surface area contributed by atoms with Crippen molar-refractivity contribution in [3.8, 4) is 0 Å². The van der Waals surface area contributed by atoms with E-state index in [2.05, 4.69) is 29.9 Å². The minimum Gasteiger partial charge on any atom is -0.469 e. The molecule has 0 saturated heterocycles. The summed E-state index contributed by atoms with van der Waals surface area (Å²) in [5.74, 6) is -0.281. The number of carbonyl (C=O) groups excluding carboxylic acids is 2. The fraction of sp³-hybridized carbons (Fsp3) is 0.760. The normalized spacial score (nSPS) is 12.4. The molecule has 4 nitrogen and oxygen atoms in total. The quantitative estimate of drug-likeness (QED) is 0.158. The molecular formula is C25H44O4. The van der Waals surface area contributed by atoms with Gasteiger partial charge in [-0.1, -0.05) is 56.4 Å². The predicted octanol–water partition coefficient (Wildman–Crippen LogP) is 6.93. The molecule has 0 N–H and O–H groups in total. The Morgan fingerprint density at radius 1 is 0.862 bits per heavy atom. The van der Waals surface area contributed by atoms with Crippen LogP contribution in [0.15, 0.2) is 23.8 Å². The van der Waals surface area contributed by atoms with Crippen molar-refractivity contribution < 1.29 is 19.1 Å². The van der Waals surface area contributed by atoms with Crippen molar-refractivity contribution in [3.05, 3.63) is 23.8 Å². The van der Waals surface area contributed by atoms with Crippen LogP contribution in [0.4, 0.5) is 0 Å². The van der Waals surface area contributed by atoms with Crippen LogP contribution in [0.25, 0.3) is 0 Å². The maximum Gasteiger partial charge on any atom is 0.311 e. The van der Waals surface area contributed by atoms with E-state index in [1.165, 1.54) is 44.8 Å². The van der Waals surface area contributed by atoms with Crippen LogP contribution in [0, 0.1) is 5.41 Å². The Bertz CT molecular complexity index is 497. The minimum atomic E-state index is -0.435. The Morgan fingerprint density at radius 2 is 1.59 bits per heavy atom. The van der Waals surface area contributed by atoms with Crippen molar-refractivity contribution in [2.24, 2.45) is 5.41 Å². The van der Waals surface area contributed by atoms with Crippen LogP contribution in [0.5, 0.6) is 0 Å². The van der Waals surface area contributed by atoms with Gasteiger partial charge in [-0.3, -0.25) is 9.59 Å². The van der Waals surface area contributed by atoms with E-state index in [9.17, 15) is 9.59 Å². The first-order valence-corrected chi connectivity index (χ1v) is 11.4. The van der Waals surface area contributed by atoms with E-state index in [0.29, 0.717) is 13.0 Å². The van der Waals surface area contributed by atoms with Crippen LogP contribution in [0.2, 0.25) is 0 Å². The largest absolute Gasteiger partial charge is 0.469 e. The van der Waals surface area contributed by atoms with E-state index in [-0.39, 0.29) is 11.9 Å². The first-order valence-electron chi connectivity index (χ1n) is 11.4. The monoisotopic (exact) mass is 408 g/mol. The molecule has 29 heavy (non-hydrogen) atoms. The third-order valence-electron chi connectivity index (χ3n) is 4.73. The maximum absolute atomic E-state index is 11.8. The second kappa shape index (κ2) is 17.3. The van der Waals surface area contributed by atoms with Crippen LogP contribution < -0.4 is 0 Å². The van der Waals surface area contributed by atoms with Crippen LogP contribution in [-0.4, -0.2) is 25.7 Å². The highest BCUT2D eigenvalue weighted by molar-refractivity contribution is 5.75. The summed E-state index contributed by atoms with van der Waals surface area (Å²) in [6, 6.07) is 0. The number of esters is 2. The number of carbonyl (C=O) groups is 2. The lowest BCUT2D eigenvalue weighted by Crippen LogP contribution is -2.23. The van der Waals surface area contributed by atoms with E-state index in [1.807, 2.05) is 20.8 Å². The van der Waals surface area contributed by atoms with Crippen LogP contribution in [-0.2, 0) is 19.1 Å². The fourth-order valence-corrected chi connectivity index (χ4v) is 2.80. The average Bonchev–Trinajstić information content (AvgIpc) is 2.68. The van der Waals surface area contributed by atoms with Crippen molar-refractivity contribution in [3.63, 3.8) is 0 Å². The first kappa shape index (κ1) is 27.4. The molecule has 0 unspecified atom stereocenters. The summed E-state index contributed by atoms with van der Waals surface area (Å²) in [4.78, 5) is 23.0. The van der Waals surface area contributed by atoms with Gasteiger partial charge in [0.1, 0.15) is 0 Å². The van der Waals surface area contributed by atoms with E-state index in [0.717, 1.165) is 38.5 Å². The van der Waals surface area contributed by atoms with Crippen LogP contribution in [0.3, 0.4) is 0 Å². The van der Waals surface area contributed by atoms with Gasteiger partial charge in [-0.25, -0.2) is 0 Å². The topological polar surface area (TPSA) is 52.6 Å². The molecule has 0 radical (unpaired) electrons.